The lowest BCUT2D eigenvalue weighted by Crippen LogP contribution is -1.88. The third kappa shape index (κ3) is 4.67. The third-order valence-corrected chi connectivity index (χ3v) is 5.35. The maximum Gasteiger partial charge on any atom is 0.230 e. The van der Waals surface area contributed by atoms with Crippen molar-refractivity contribution in [2.75, 3.05) is 7.11 Å². The zero-order chi connectivity index (χ0) is 21.5. The molecule has 0 radical (unpaired) electrons. The highest BCUT2D eigenvalue weighted by Crippen LogP contribution is 2.40. The molecule has 0 saturated carbocycles. The topological polar surface area (TPSA) is 61.0 Å². The number of aromatic nitrogens is 3. The smallest absolute Gasteiger partial charge is 0.230 e. The van der Waals surface area contributed by atoms with Crippen molar-refractivity contribution in [1.29, 1.82) is 0 Å². The van der Waals surface area contributed by atoms with Crippen LogP contribution in [0.4, 0.5) is 0 Å². The zero-order valence-electron chi connectivity index (χ0n) is 18.3. The van der Waals surface area contributed by atoms with Gasteiger partial charge < -0.3 is 9.15 Å². The maximum absolute atomic E-state index is 6.03. The number of aryl methyl sites for hydroxylation is 1. The van der Waals surface area contributed by atoms with Crippen LogP contribution in [0.25, 0.3) is 33.7 Å². The predicted octanol–water partition coefficient (Wildman–Crippen LogP) is 6.71. The number of hydrogen-bond donors (Lipinski definition) is 0. The van der Waals surface area contributed by atoms with E-state index < -0.39 is 0 Å². The molecule has 0 bridgehead atoms. The molecule has 0 unspecified atom stereocenters. The van der Waals surface area contributed by atoms with E-state index in [-0.39, 0.29) is 0 Å². The number of hydrogen-bond acceptors (Lipinski definition) is 5. The van der Waals surface area contributed by atoms with Crippen LogP contribution in [0.1, 0.15) is 39.3 Å². The van der Waals surface area contributed by atoms with Gasteiger partial charge in [-0.05, 0) is 42.7 Å². The lowest BCUT2D eigenvalue weighted by molar-refractivity contribution is 0.415. The van der Waals surface area contributed by atoms with E-state index in [0.717, 1.165) is 39.6 Å². The molecule has 3 heterocycles. The summed E-state index contributed by atoms with van der Waals surface area (Å²) in [6.07, 6.45) is 5.92. The molecule has 0 aliphatic carbocycles. The SMILES string of the molecule is CCC(C)CC.COc1ccc(-c2c(-c3ccccn3)oc3ncnc(C)c23)cc1. The molecule has 0 aliphatic rings. The highest BCUT2D eigenvalue weighted by Gasteiger charge is 2.21. The Morgan fingerprint density at radius 3 is 2.27 bits per heavy atom. The van der Waals surface area contributed by atoms with Gasteiger partial charge in [-0.1, -0.05) is 51.8 Å². The van der Waals surface area contributed by atoms with Crippen molar-refractivity contribution in [3.05, 3.63) is 60.7 Å². The molecule has 0 atom stereocenters. The predicted molar refractivity (Wildman–Crippen MR) is 122 cm³/mol. The molecular formula is C25H29N3O2. The van der Waals surface area contributed by atoms with Gasteiger partial charge in [0.15, 0.2) is 5.76 Å². The fourth-order valence-corrected chi connectivity index (χ4v) is 3.08. The van der Waals surface area contributed by atoms with Crippen molar-refractivity contribution < 1.29 is 9.15 Å². The number of fused-ring (bicyclic) bond motifs is 1. The second-order valence-corrected chi connectivity index (χ2v) is 7.31. The Kier molecular flexibility index (Phi) is 7.17. The van der Waals surface area contributed by atoms with Crippen LogP contribution in [0.15, 0.2) is 59.4 Å². The van der Waals surface area contributed by atoms with E-state index in [1.54, 1.807) is 13.3 Å². The van der Waals surface area contributed by atoms with Crippen LogP contribution in [0.5, 0.6) is 5.75 Å². The van der Waals surface area contributed by atoms with Crippen molar-refractivity contribution in [2.24, 2.45) is 5.92 Å². The summed E-state index contributed by atoms with van der Waals surface area (Å²) in [5.74, 6) is 2.43. The summed E-state index contributed by atoms with van der Waals surface area (Å²) in [4.78, 5) is 13.0. The van der Waals surface area contributed by atoms with Gasteiger partial charge in [0.2, 0.25) is 5.71 Å². The standard InChI is InChI=1S/C19H15N3O2.C6H14/c1-12-16-17(13-6-8-14(23-2)9-7-13)18(15-5-3-4-10-20-15)24-19(16)22-11-21-12;1-4-6(3)5-2/h3-11H,1-2H3;6H,4-5H2,1-3H3. The summed E-state index contributed by atoms with van der Waals surface area (Å²) in [6, 6.07) is 13.6. The number of rotatable bonds is 5. The van der Waals surface area contributed by atoms with Crippen molar-refractivity contribution in [3.8, 4) is 28.3 Å². The van der Waals surface area contributed by atoms with Crippen LogP contribution in [0, 0.1) is 12.8 Å². The Balaban J connectivity index is 0.000000377. The lowest BCUT2D eigenvalue weighted by Gasteiger charge is -2.05. The molecule has 0 fully saturated rings. The summed E-state index contributed by atoms with van der Waals surface area (Å²) >= 11 is 0. The van der Waals surface area contributed by atoms with Crippen molar-refractivity contribution in [2.45, 2.75) is 40.5 Å². The molecule has 0 N–H and O–H groups in total. The molecule has 3 aromatic heterocycles. The van der Waals surface area contributed by atoms with E-state index in [0.29, 0.717) is 11.5 Å². The summed E-state index contributed by atoms with van der Waals surface area (Å²) in [7, 11) is 1.65. The number of ether oxygens (including phenoxy) is 1. The Morgan fingerprint density at radius 1 is 0.967 bits per heavy atom. The van der Waals surface area contributed by atoms with Crippen LogP contribution >= 0.6 is 0 Å². The number of methoxy groups -OCH3 is 1. The maximum atomic E-state index is 6.03. The van der Waals surface area contributed by atoms with Crippen molar-refractivity contribution >= 4 is 11.1 Å². The second kappa shape index (κ2) is 10.0. The van der Waals surface area contributed by atoms with E-state index in [4.69, 9.17) is 9.15 Å². The van der Waals surface area contributed by atoms with Gasteiger partial charge in [0.1, 0.15) is 17.8 Å². The van der Waals surface area contributed by atoms with Crippen LogP contribution in [-0.2, 0) is 0 Å². The van der Waals surface area contributed by atoms with E-state index in [9.17, 15) is 0 Å². The molecule has 0 amide bonds. The van der Waals surface area contributed by atoms with Crippen LogP contribution in [0.2, 0.25) is 0 Å². The Hall–Kier alpha value is -3.21. The lowest BCUT2D eigenvalue weighted by atomic mass is 10.0. The van der Waals surface area contributed by atoms with E-state index in [2.05, 4.69) is 35.7 Å². The van der Waals surface area contributed by atoms with Gasteiger partial charge in [0.25, 0.3) is 0 Å². The fourth-order valence-electron chi connectivity index (χ4n) is 3.08. The Labute approximate surface area is 178 Å². The summed E-state index contributed by atoms with van der Waals surface area (Å²) < 4.78 is 11.3. The summed E-state index contributed by atoms with van der Waals surface area (Å²) in [5.41, 5.74) is 4.16. The minimum Gasteiger partial charge on any atom is -0.497 e. The minimum absolute atomic E-state index is 0.564. The van der Waals surface area contributed by atoms with Crippen LogP contribution in [-0.4, -0.2) is 22.1 Å². The highest BCUT2D eigenvalue weighted by atomic mass is 16.5. The van der Waals surface area contributed by atoms with Crippen molar-refractivity contribution in [1.82, 2.24) is 15.0 Å². The molecule has 4 aromatic rings. The molecule has 0 spiro atoms. The first-order valence-corrected chi connectivity index (χ1v) is 10.4. The average Bonchev–Trinajstić information content (AvgIpc) is 3.20. The van der Waals surface area contributed by atoms with Crippen molar-refractivity contribution in [3.63, 3.8) is 0 Å². The number of pyridine rings is 1. The molecule has 5 heteroatoms. The average molecular weight is 404 g/mol. The number of furan rings is 1. The quantitative estimate of drug-likeness (QED) is 0.370. The third-order valence-electron chi connectivity index (χ3n) is 5.35. The summed E-state index contributed by atoms with van der Waals surface area (Å²) in [6.45, 7) is 8.69. The van der Waals surface area contributed by atoms with Gasteiger partial charge in [0, 0.05) is 11.8 Å². The first kappa shape index (κ1) is 21.5. The first-order valence-electron chi connectivity index (χ1n) is 10.4. The van der Waals surface area contributed by atoms with E-state index in [1.165, 1.54) is 19.2 Å². The van der Waals surface area contributed by atoms with Gasteiger partial charge in [-0.15, -0.1) is 0 Å². The molecule has 0 aliphatic heterocycles. The highest BCUT2D eigenvalue weighted by molar-refractivity contribution is 6.01. The Morgan fingerprint density at radius 2 is 1.70 bits per heavy atom. The van der Waals surface area contributed by atoms with Gasteiger partial charge >= 0.3 is 0 Å². The monoisotopic (exact) mass is 403 g/mol. The molecule has 0 saturated heterocycles. The van der Waals surface area contributed by atoms with Gasteiger partial charge in [-0.25, -0.2) is 9.97 Å². The molecule has 4 rings (SSSR count). The van der Waals surface area contributed by atoms with Gasteiger partial charge in [-0.3, -0.25) is 4.98 Å². The Bertz CT molecular complexity index is 1070. The van der Waals surface area contributed by atoms with E-state index >= 15 is 0 Å². The molecule has 156 valence electrons. The molecule has 30 heavy (non-hydrogen) atoms. The minimum atomic E-state index is 0.564. The first-order chi connectivity index (χ1) is 14.6. The molecular weight excluding hydrogens is 374 g/mol. The van der Waals surface area contributed by atoms with Gasteiger partial charge in [-0.2, -0.15) is 0 Å². The second-order valence-electron chi connectivity index (χ2n) is 7.31. The van der Waals surface area contributed by atoms with E-state index in [1.807, 2.05) is 49.4 Å². The largest absolute Gasteiger partial charge is 0.497 e. The molecule has 1 aromatic carbocycles. The van der Waals surface area contributed by atoms with Crippen LogP contribution in [0.3, 0.4) is 0 Å². The number of benzene rings is 1. The van der Waals surface area contributed by atoms with Gasteiger partial charge in [0.05, 0.1) is 18.2 Å². The summed E-state index contributed by atoms with van der Waals surface area (Å²) in [5, 5.41) is 0.906. The number of nitrogens with zero attached hydrogens (tertiary/aromatic N) is 3. The van der Waals surface area contributed by atoms with Crippen LogP contribution < -0.4 is 4.74 Å². The zero-order valence-corrected chi connectivity index (χ0v) is 18.3. The normalized spacial score (nSPS) is 10.7. The fraction of sp³-hybridized carbons (Fsp3) is 0.320. The molecule has 5 nitrogen and oxygen atoms in total.